The van der Waals surface area contributed by atoms with Gasteiger partial charge in [0.25, 0.3) is 0 Å². The van der Waals surface area contributed by atoms with Crippen LogP contribution < -0.4 is 10.6 Å². The minimum atomic E-state index is 0.462. The monoisotopic (exact) mass is 282 g/mol. The number of unbranched alkanes of at least 4 members (excludes halogenated alkanes) is 1. The van der Waals surface area contributed by atoms with Crippen LogP contribution in [0.3, 0.4) is 0 Å². The van der Waals surface area contributed by atoms with Crippen LogP contribution in [0.1, 0.15) is 43.8 Å². The lowest BCUT2D eigenvalue weighted by Crippen LogP contribution is -2.42. The van der Waals surface area contributed by atoms with Gasteiger partial charge in [0.15, 0.2) is 5.96 Å². The zero-order chi connectivity index (χ0) is 14.1. The van der Waals surface area contributed by atoms with Crippen LogP contribution in [-0.4, -0.2) is 30.6 Å². The van der Waals surface area contributed by atoms with Crippen LogP contribution in [0.25, 0.3) is 0 Å². The Bertz CT molecular complexity index is 387. The molecule has 4 nitrogen and oxygen atoms in total. The highest BCUT2D eigenvalue weighted by Crippen LogP contribution is 2.11. The van der Waals surface area contributed by atoms with Gasteiger partial charge in [-0.1, -0.05) is 6.92 Å². The number of aryl methyl sites for hydroxylation is 2. The number of aliphatic imine (C=N–C) groups is 1. The van der Waals surface area contributed by atoms with E-state index in [1.54, 1.807) is 11.3 Å². The number of nitrogens with one attached hydrogen (secondary N) is 2. The van der Waals surface area contributed by atoms with Crippen molar-refractivity contribution in [3.05, 3.63) is 16.1 Å². The number of nitrogens with zero attached hydrogens (tertiary/aromatic N) is 2. The molecule has 0 amide bonds. The highest BCUT2D eigenvalue weighted by atomic mass is 32.1. The normalized spacial score (nSPS) is 13.4. The molecule has 0 aliphatic carbocycles. The predicted octanol–water partition coefficient (Wildman–Crippen LogP) is 2.74. The topological polar surface area (TPSA) is 49.3 Å². The van der Waals surface area contributed by atoms with Crippen LogP contribution in [0.5, 0.6) is 0 Å². The molecule has 0 radical (unpaired) electrons. The molecule has 108 valence electrons. The summed E-state index contributed by atoms with van der Waals surface area (Å²) in [6, 6.07) is 0.462. The Morgan fingerprint density at radius 3 is 2.84 bits per heavy atom. The lowest BCUT2D eigenvalue weighted by atomic mass is 10.2. The van der Waals surface area contributed by atoms with Crippen LogP contribution in [0.2, 0.25) is 0 Å². The zero-order valence-electron chi connectivity index (χ0n) is 12.5. The van der Waals surface area contributed by atoms with Crippen molar-refractivity contribution in [1.29, 1.82) is 0 Å². The van der Waals surface area contributed by atoms with Gasteiger partial charge in [-0.25, -0.2) is 4.98 Å². The maximum atomic E-state index is 4.47. The second-order valence-corrected chi connectivity index (χ2v) is 5.74. The Labute approximate surface area is 120 Å². The van der Waals surface area contributed by atoms with Crippen LogP contribution in [-0.2, 0) is 6.42 Å². The first-order chi connectivity index (χ1) is 9.15. The maximum absolute atomic E-state index is 4.47. The standard InChI is InChI=1S/C14H26N4S/c1-5-11(2)18-14(15-4)16-9-7-6-8-13-17-12(3)10-19-13/h10-11H,5-9H2,1-4H3,(H2,15,16,18). The third-order valence-electron chi connectivity index (χ3n) is 3.00. The summed E-state index contributed by atoms with van der Waals surface area (Å²) in [6.45, 7) is 7.34. The molecule has 0 spiro atoms. The molecule has 0 aliphatic rings. The molecule has 1 aromatic rings. The van der Waals surface area contributed by atoms with Crippen LogP contribution in [0, 0.1) is 6.92 Å². The van der Waals surface area contributed by atoms with E-state index >= 15 is 0 Å². The van der Waals surface area contributed by atoms with Gasteiger partial charge in [0, 0.05) is 30.7 Å². The van der Waals surface area contributed by atoms with Crippen molar-refractivity contribution in [2.75, 3.05) is 13.6 Å². The molecule has 0 aliphatic heterocycles. The van der Waals surface area contributed by atoms with Gasteiger partial charge in [-0.2, -0.15) is 0 Å². The fourth-order valence-corrected chi connectivity index (χ4v) is 2.47. The molecular formula is C14H26N4S. The van der Waals surface area contributed by atoms with Gasteiger partial charge in [-0.05, 0) is 39.5 Å². The Morgan fingerprint density at radius 2 is 2.26 bits per heavy atom. The van der Waals surface area contributed by atoms with E-state index in [1.165, 1.54) is 11.4 Å². The molecule has 0 fully saturated rings. The van der Waals surface area contributed by atoms with E-state index in [1.807, 2.05) is 14.0 Å². The zero-order valence-corrected chi connectivity index (χ0v) is 13.3. The highest BCUT2D eigenvalue weighted by molar-refractivity contribution is 7.09. The van der Waals surface area contributed by atoms with Crippen LogP contribution in [0.4, 0.5) is 0 Å². The van der Waals surface area contributed by atoms with Gasteiger partial charge >= 0.3 is 0 Å². The fraction of sp³-hybridized carbons (Fsp3) is 0.714. The average Bonchev–Trinajstić information content (AvgIpc) is 2.82. The molecule has 2 N–H and O–H groups in total. The molecule has 0 saturated heterocycles. The summed E-state index contributed by atoms with van der Waals surface area (Å²) in [5, 5.41) is 10.1. The highest BCUT2D eigenvalue weighted by Gasteiger charge is 2.02. The largest absolute Gasteiger partial charge is 0.356 e. The SMILES string of the molecule is CCC(C)NC(=NC)NCCCCc1nc(C)cs1. The van der Waals surface area contributed by atoms with Gasteiger partial charge in [-0.15, -0.1) is 11.3 Å². The van der Waals surface area contributed by atoms with Crippen LogP contribution >= 0.6 is 11.3 Å². The Balaban J connectivity index is 2.12. The summed E-state index contributed by atoms with van der Waals surface area (Å²) < 4.78 is 0. The molecule has 1 aromatic heterocycles. The molecule has 19 heavy (non-hydrogen) atoms. The number of hydrogen-bond donors (Lipinski definition) is 2. The summed E-state index contributed by atoms with van der Waals surface area (Å²) in [6.07, 6.45) is 4.49. The lowest BCUT2D eigenvalue weighted by Gasteiger charge is -2.16. The molecule has 0 saturated carbocycles. The van der Waals surface area contributed by atoms with Gasteiger partial charge in [0.2, 0.25) is 0 Å². The molecule has 1 rings (SSSR count). The average molecular weight is 282 g/mol. The quantitative estimate of drug-likeness (QED) is 0.459. The van der Waals surface area contributed by atoms with Gasteiger partial charge in [0.05, 0.1) is 5.01 Å². The van der Waals surface area contributed by atoms with Crippen molar-refractivity contribution in [1.82, 2.24) is 15.6 Å². The summed E-state index contributed by atoms with van der Waals surface area (Å²) in [5.41, 5.74) is 1.14. The summed E-state index contributed by atoms with van der Waals surface area (Å²) >= 11 is 1.76. The maximum Gasteiger partial charge on any atom is 0.191 e. The summed E-state index contributed by atoms with van der Waals surface area (Å²) in [7, 11) is 1.82. The van der Waals surface area contributed by atoms with E-state index in [0.29, 0.717) is 6.04 Å². The van der Waals surface area contributed by atoms with Crippen molar-refractivity contribution in [2.24, 2.45) is 4.99 Å². The third-order valence-corrected chi connectivity index (χ3v) is 4.02. The smallest absolute Gasteiger partial charge is 0.191 e. The summed E-state index contributed by atoms with van der Waals surface area (Å²) in [4.78, 5) is 8.69. The first-order valence-corrected chi connectivity index (χ1v) is 7.91. The number of guanidine groups is 1. The van der Waals surface area contributed by atoms with E-state index in [-0.39, 0.29) is 0 Å². The Morgan fingerprint density at radius 1 is 1.47 bits per heavy atom. The molecule has 1 heterocycles. The molecule has 5 heteroatoms. The molecule has 1 unspecified atom stereocenters. The number of hydrogen-bond acceptors (Lipinski definition) is 3. The fourth-order valence-electron chi connectivity index (χ4n) is 1.66. The van der Waals surface area contributed by atoms with E-state index in [9.17, 15) is 0 Å². The van der Waals surface area contributed by atoms with E-state index in [2.05, 4.69) is 39.8 Å². The first-order valence-electron chi connectivity index (χ1n) is 7.04. The van der Waals surface area contributed by atoms with Crippen LogP contribution in [0.15, 0.2) is 10.4 Å². The van der Waals surface area contributed by atoms with Crippen molar-refractivity contribution in [2.45, 2.75) is 52.5 Å². The van der Waals surface area contributed by atoms with E-state index in [0.717, 1.165) is 37.5 Å². The third kappa shape index (κ3) is 6.57. The number of rotatable bonds is 7. The summed E-state index contributed by atoms with van der Waals surface area (Å²) in [5.74, 6) is 0.902. The second kappa shape index (κ2) is 8.91. The minimum Gasteiger partial charge on any atom is -0.356 e. The predicted molar refractivity (Wildman–Crippen MR) is 84.0 cm³/mol. The van der Waals surface area contributed by atoms with Gasteiger partial charge in [-0.3, -0.25) is 4.99 Å². The number of thiazole rings is 1. The van der Waals surface area contributed by atoms with Crippen molar-refractivity contribution in [3.8, 4) is 0 Å². The second-order valence-electron chi connectivity index (χ2n) is 4.79. The lowest BCUT2D eigenvalue weighted by molar-refractivity contribution is 0.616. The van der Waals surface area contributed by atoms with Crippen molar-refractivity contribution < 1.29 is 0 Å². The Kier molecular flexibility index (Phi) is 7.48. The number of aromatic nitrogens is 1. The van der Waals surface area contributed by atoms with Crippen molar-refractivity contribution >= 4 is 17.3 Å². The van der Waals surface area contributed by atoms with Crippen molar-refractivity contribution in [3.63, 3.8) is 0 Å². The molecule has 0 bridgehead atoms. The molecule has 1 atom stereocenters. The molecule has 0 aromatic carbocycles. The van der Waals surface area contributed by atoms with E-state index < -0.39 is 0 Å². The van der Waals surface area contributed by atoms with Gasteiger partial charge < -0.3 is 10.6 Å². The first kappa shape index (κ1) is 16.0. The molecular weight excluding hydrogens is 256 g/mol. The Hall–Kier alpha value is -1.10. The van der Waals surface area contributed by atoms with E-state index in [4.69, 9.17) is 0 Å². The minimum absolute atomic E-state index is 0.462. The van der Waals surface area contributed by atoms with Gasteiger partial charge in [0.1, 0.15) is 0 Å².